The van der Waals surface area contributed by atoms with Gasteiger partial charge in [0.25, 0.3) is 0 Å². The molecular formula is C20H23N. The van der Waals surface area contributed by atoms with Gasteiger partial charge in [0.2, 0.25) is 0 Å². The second-order valence-corrected chi connectivity index (χ2v) is 6.79. The summed E-state index contributed by atoms with van der Waals surface area (Å²) in [6.07, 6.45) is 2.66. The molecule has 0 aliphatic heterocycles. The zero-order valence-corrected chi connectivity index (χ0v) is 12.8. The van der Waals surface area contributed by atoms with Crippen molar-refractivity contribution in [1.82, 2.24) is 5.32 Å². The molecule has 3 atom stereocenters. The summed E-state index contributed by atoms with van der Waals surface area (Å²) in [5.41, 5.74) is 5.71. The number of hydrogen-bond acceptors (Lipinski definition) is 1. The Labute approximate surface area is 127 Å². The van der Waals surface area contributed by atoms with Crippen LogP contribution < -0.4 is 5.32 Å². The van der Waals surface area contributed by atoms with Crippen LogP contribution in [-0.2, 0) is 0 Å². The summed E-state index contributed by atoms with van der Waals surface area (Å²) in [6.45, 7) is 4.80. The van der Waals surface area contributed by atoms with Crippen molar-refractivity contribution < 1.29 is 0 Å². The molecule has 1 heteroatoms. The molecule has 0 amide bonds. The van der Waals surface area contributed by atoms with E-state index in [0.717, 1.165) is 11.8 Å². The Hall–Kier alpha value is -1.60. The third-order valence-corrected chi connectivity index (χ3v) is 5.68. The van der Waals surface area contributed by atoms with Crippen LogP contribution in [0.15, 0.2) is 48.5 Å². The van der Waals surface area contributed by atoms with Crippen molar-refractivity contribution in [2.45, 2.75) is 38.8 Å². The first kappa shape index (κ1) is 13.1. The molecule has 1 nitrogen and oxygen atoms in total. The first-order valence-corrected chi connectivity index (χ1v) is 8.20. The minimum absolute atomic E-state index is 0.371. The van der Waals surface area contributed by atoms with Crippen LogP contribution in [0.1, 0.15) is 43.9 Å². The lowest BCUT2D eigenvalue weighted by atomic mass is 9.96. The van der Waals surface area contributed by atoms with Gasteiger partial charge in [0.1, 0.15) is 0 Å². The van der Waals surface area contributed by atoms with E-state index in [4.69, 9.17) is 0 Å². The highest BCUT2D eigenvalue weighted by molar-refractivity contribution is 5.78. The third kappa shape index (κ3) is 2.03. The number of hydrogen-bond donors (Lipinski definition) is 1. The average molecular weight is 277 g/mol. The zero-order chi connectivity index (χ0) is 14.4. The smallest absolute Gasteiger partial charge is 0.0591 e. The minimum Gasteiger partial charge on any atom is -0.303 e. The summed E-state index contributed by atoms with van der Waals surface area (Å²) in [4.78, 5) is 0. The number of fused-ring (bicyclic) bond motifs is 3. The molecule has 2 aromatic rings. The summed E-state index contributed by atoms with van der Waals surface area (Å²) < 4.78 is 0. The van der Waals surface area contributed by atoms with Crippen molar-refractivity contribution in [1.29, 1.82) is 0 Å². The van der Waals surface area contributed by atoms with Gasteiger partial charge in [-0.2, -0.15) is 0 Å². The number of nitrogens with one attached hydrogen (secondary N) is 1. The van der Waals surface area contributed by atoms with Gasteiger partial charge in [-0.15, -0.1) is 0 Å². The van der Waals surface area contributed by atoms with E-state index < -0.39 is 0 Å². The van der Waals surface area contributed by atoms with E-state index >= 15 is 0 Å². The third-order valence-electron chi connectivity index (χ3n) is 5.68. The molecule has 0 radical (unpaired) electrons. The van der Waals surface area contributed by atoms with E-state index in [2.05, 4.69) is 67.7 Å². The van der Waals surface area contributed by atoms with Gasteiger partial charge in [0.05, 0.1) is 6.04 Å². The number of rotatable bonds is 2. The van der Waals surface area contributed by atoms with E-state index in [-0.39, 0.29) is 0 Å². The molecule has 2 aromatic carbocycles. The normalized spacial score (nSPS) is 27.6. The molecule has 1 N–H and O–H groups in total. The van der Waals surface area contributed by atoms with Crippen LogP contribution >= 0.6 is 0 Å². The quantitative estimate of drug-likeness (QED) is 0.833. The van der Waals surface area contributed by atoms with Crippen LogP contribution in [0.5, 0.6) is 0 Å². The Morgan fingerprint density at radius 1 is 0.810 bits per heavy atom. The SMILES string of the molecule is CC1CCC(NC2c3ccccc3-c3ccccc32)C1C. The molecule has 0 aromatic heterocycles. The van der Waals surface area contributed by atoms with E-state index in [1.165, 1.54) is 35.1 Å². The van der Waals surface area contributed by atoms with Crippen LogP contribution in [0, 0.1) is 11.8 Å². The monoisotopic (exact) mass is 277 g/mol. The Morgan fingerprint density at radius 2 is 1.38 bits per heavy atom. The van der Waals surface area contributed by atoms with Crippen molar-refractivity contribution in [2.75, 3.05) is 0 Å². The lowest BCUT2D eigenvalue weighted by Gasteiger charge is -2.25. The fourth-order valence-electron chi connectivity index (χ4n) is 4.15. The van der Waals surface area contributed by atoms with Crippen molar-refractivity contribution in [2.24, 2.45) is 11.8 Å². The average Bonchev–Trinajstić information content (AvgIpc) is 3.01. The summed E-state index contributed by atoms with van der Waals surface area (Å²) in [5.74, 6) is 1.61. The minimum atomic E-state index is 0.371. The van der Waals surface area contributed by atoms with Gasteiger partial charge in [-0.25, -0.2) is 0 Å². The van der Waals surface area contributed by atoms with Crippen molar-refractivity contribution >= 4 is 0 Å². The van der Waals surface area contributed by atoms with Gasteiger partial charge in [0, 0.05) is 6.04 Å². The van der Waals surface area contributed by atoms with Crippen molar-refractivity contribution in [3.05, 3.63) is 59.7 Å². The van der Waals surface area contributed by atoms with Gasteiger partial charge < -0.3 is 5.32 Å². The maximum absolute atomic E-state index is 3.97. The van der Waals surface area contributed by atoms with Gasteiger partial charge in [-0.05, 0) is 46.9 Å². The molecule has 0 bridgehead atoms. The predicted molar refractivity (Wildman–Crippen MR) is 88.2 cm³/mol. The van der Waals surface area contributed by atoms with E-state index in [1.54, 1.807) is 0 Å². The summed E-state index contributed by atoms with van der Waals surface area (Å²) in [5, 5.41) is 3.97. The Balaban J connectivity index is 1.72. The highest BCUT2D eigenvalue weighted by atomic mass is 15.0. The molecule has 2 aliphatic carbocycles. The second-order valence-electron chi connectivity index (χ2n) is 6.79. The maximum atomic E-state index is 3.97. The zero-order valence-electron chi connectivity index (χ0n) is 12.8. The van der Waals surface area contributed by atoms with Crippen molar-refractivity contribution in [3.63, 3.8) is 0 Å². The van der Waals surface area contributed by atoms with Gasteiger partial charge in [-0.3, -0.25) is 0 Å². The highest BCUT2D eigenvalue weighted by Crippen LogP contribution is 2.44. The largest absolute Gasteiger partial charge is 0.303 e. The summed E-state index contributed by atoms with van der Waals surface area (Å²) in [7, 11) is 0. The molecule has 3 unspecified atom stereocenters. The topological polar surface area (TPSA) is 12.0 Å². The van der Waals surface area contributed by atoms with Crippen LogP contribution in [-0.4, -0.2) is 6.04 Å². The van der Waals surface area contributed by atoms with Crippen LogP contribution in [0.4, 0.5) is 0 Å². The molecule has 4 rings (SSSR count). The first-order valence-electron chi connectivity index (χ1n) is 8.20. The van der Waals surface area contributed by atoms with Crippen LogP contribution in [0.25, 0.3) is 11.1 Å². The molecule has 1 saturated carbocycles. The molecular weight excluding hydrogens is 254 g/mol. The van der Waals surface area contributed by atoms with Gasteiger partial charge in [-0.1, -0.05) is 62.4 Å². The molecule has 0 spiro atoms. The van der Waals surface area contributed by atoms with E-state index in [0.29, 0.717) is 12.1 Å². The fourth-order valence-corrected chi connectivity index (χ4v) is 4.15. The summed E-state index contributed by atoms with van der Waals surface area (Å²) in [6, 6.07) is 18.7. The van der Waals surface area contributed by atoms with Gasteiger partial charge in [0.15, 0.2) is 0 Å². The Morgan fingerprint density at radius 3 is 1.90 bits per heavy atom. The maximum Gasteiger partial charge on any atom is 0.0591 e. The molecule has 1 fully saturated rings. The highest BCUT2D eigenvalue weighted by Gasteiger charge is 2.35. The predicted octanol–water partition coefficient (Wildman–Crippen LogP) is 4.78. The van der Waals surface area contributed by atoms with Crippen LogP contribution in [0.3, 0.4) is 0 Å². The first-order chi connectivity index (χ1) is 10.3. The molecule has 2 aliphatic rings. The lowest BCUT2D eigenvalue weighted by Crippen LogP contribution is -2.35. The molecule has 21 heavy (non-hydrogen) atoms. The Kier molecular flexibility index (Phi) is 3.11. The van der Waals surface area contributed by atoms with E-state index in [1.807, 2.05) is 0 Å². The second kappa shape index (κ2) is 4.99. The number of benzene rings is 2. The molecule has 0 heterocycles. The molecule has 0 saturated heterocycles. The molecule has 108 valence electrons. The standard InChI is InChI=1S/C20H23N/c1-13-11-12-19(14(13)2)21-20-17-9-5-3-7-15(17)16-8-4-6-10-18(16)20/h3-10,13-14,19-21H,11-12H2,1-2H3. The fraction of sp³-hybridized carbons (Fsp3) is 0.400. The lowest BCUT2D eigenvalue weighted by molar-refractivity contribution is 0.356. The van der Waals surface area contributed by atoms with Crippen LogP contribution in [0.2, 0.25) is 0 Å². The summed E-state index contributed by atoms with van der Waals surface area (Å²) >= 11 is 0. The van der Waals surface area contributed by atoms with E-state index in [9.17, 15) is 0 Å². The Bertz CT molecular complexity index is 615. The van der Waals surface area contributed by atoms with Crippen molar-refractivity contribution in [3.8, 4) is 11.1 Å². The van der Waals surface area contributed by atoms with Gasteiger partial charge >= 0.3 is 0 Å².